The summed E-state index contributed by atoms with van der Waals surface area (Å²) in [6, 6.07) is 5.34. The Hall–Kier alpha value is -0.480. The second-order valence-electron chi connectivity index (χ2n) is 6.11. The number of nitrogens with two attached hydrogens (primary N) is 1. The molecule has 1 amide bonds. The van der Waals surface area contributed by atoms with E-state index in [1.54, 1.807) is 18.2 Å². The molecule has 2 rings (SSSR count). The molecule has 1 aromatic carbocycles. The first kappa shape index (κ1) is 18.6. The van der Waals surface area contributed by atoms with Crippen molar-refractivity contribution in [3.05, 3.63) is 33.8 Å². The van der Waals surface area contributed by atoms with Crippen LogP contribution in [0, 0.1) is 5.41 Å². The van der Waals surface area contributed by atoms with Crippen LogP contribution in [0.4, 0.5) is 0 Å². The van der Waals surface area contributed by atoms with Crippen LogP contribution in [0.1, 0.15) is 25.8 Å². The fraction of sp³-hybridized carbons (Fsp3) is 0.533. The Morgan fingerprint density at radius 3 is 2.71 bits per heavy atom. The van der Waals surface area contributed by atoms with Crippen molar-refractivity contribution in [3.8, 4) is 0 Å². The van der Waals surface area contributed by atoms with Gasteiger partial charge in [-0.3, -0.25) is 4.79 Å². The molecule has 0 spiro atoms. The predicted molar refractivity (Wildman–Crippen MR) is 90.4 cm³/mol. The first-order chi connectivity index (χ1) is 9.29. The molecule has 2 N–H and O–H groups in total. The third-order valence-corrected chi connectivity index (χ3v) is 4.62. The molecule has 1 saturated heterocycles. The van der Waals surface area contributed by atoms with Gasteiger partial charge in [-0.1, -0.05) is 37.0 Å². The highest BCUT2D eigenvalue weighted by Gasteiger charge is 2.35. The molecule has 1 aromatic rings. The number of rotatable bonds is 2. The van der Waals surface area contributed by atoms with E-state index >= 15 is 0 Å². The molecular formula is C15H21Cl3N2O. The second-order valence-corrected chi connectivity index (χ2v) is 6.96. The van der Waals surface area contributed by atoms with Crippen molar-refractivity contribution in [1.29, 1.82) is 0 Å². The van der Waals surface area contributed by atoms with Gasteiger partial charge in [0.1, 0.15) is 0 Å². The summed E-state index contributed by atoms with van der Waals surface area (Å²) in [6.07, 6.45) is 1.12. The lowest BCUT2D eigenvalue weighted by Crippen LogP contribution is -2.54. The molecule has 118 valence electrons. The molecule has 0 aromatic heterocycles. The highest BCUT2D eigenvalue weighted by Crippen LogP contribution is 2.28. The Labute approximate surface area is 142 Å². The fourth-order valence-corrected chi connectivity index (χ4v) is 2.92. The molecule has 0 saturated carbocycles. The van der Waals surface area contributed by atoms with Crippen LogP contribution in [0.25, 0.3) is 0 Å². The Bertz CT molecular complexity index is 520. The number of hydrogen-bond acceptors (Lipinski definition) is 2. The lowest BCUT2D eigenvalue weighted by Gasteiger charge is -2.42. The minimum absolute atomic E-state index is 0. The number of nitrogens with zero attached hydrogens (tertiary/aromatic N) is 1. The summed E-state index contributed by atoms with van der Waals surface area (Å²) in [6.45, 7) is 5.60. The highest BCUT2D eigenvalue weighted by molar-refractivity contribution is 6.33. The van der Waals surface area contributed by atoms with E-state index in [0.717, 1.165) is 12.0 Å². The van der Waals surface area contributed by atoms with Crippen LogP contribution in [0.15, 0.2) is 18.2 Å². The van der Waals surface area contributed by atoms with Crippen LogP contribution in [-0.4, -0.2) is 29.9 Å². The zero-order chi connectivity index (χ0) is 14.9. The molecule has 1 atom stereocenters. The van der Waals surface area contributed by atoms with Gasteiger partial charge < -0.3 is 10.6 Å². The summed E-state index contributed by atoms with van der Waals surface area (Å²) >= 11 is 12.1. The summed E-state index contributed by atoms with van der Waals surface area (Å²) in [5, 5.41) is 1.17. The average molecular weight is 352 g/mol. The maximum absolute atomic E-state index is 12.4. The fourth-order valence-electron chi connectivity index (χ4n) is 2.54. The van der Waals surface area contributed by atoms with Crippen molar-refractivity contribution in [2.24, 2.45) is 11.1 Å². The van der Waals surface area contributed by atoms with Crippen LogP contribution < -0.4 is 5.73 Å². The van der Waals surface area contributed by atoms with Crippen molar-refractivity contribution in [2.75, 3.05) is 13.1 Å². The largest absolute Gasteiger partial charge is 0.342 e. The molecule has 0 aliphatic carbocycles. The quantitative estimate of drug-likeness (QED) is 0.886. The summed E-state index contributed by atoms with van der Waals surface area (Å²) in [4.78, 5) is 14.3. The molecular weight excluding hydrogens is 331 g/mol. The molecule has 6 heteroatoms. The monoisotopic (exact) mass is 350 g/mol. The van der Waals surface area contributed by atoms with Crippen molar-refractivity contribution in [1.82, 2.24) is 4.90 Å². The SMILES string of the molecule is CC1(C)CN(C(=O)Cc2cc(Cl)ccc2Cl)CCC1N.Cl. The van der Waals surface area contributed by atoms with Crippen LogP contribution in [0.3, 0.4) is 0 Å². The molecule has 0 radical (unpaired) electrons. The number of amides is 1. The number of likely N-dealkylation sites (tertiary alicyclic amines) is 1. The van der Waals surface area contributed by atoms with Gasteiger partial charge in [-0.05, 0) is 35.6 Å². The smallest absolute Gasteiger partial charge is 0.227 e. The molecule has 1 aliphatic rings. The molecule has 1 aliphatic heterocycles. The van der Waals surface area contributed by atoms with Gasteiger partial charge in [0.15, 0.2) is 0 Å². The van der Waals surface area contributed by atoms with Crippen LogP contribution in [-0.2, 0) is 11.2 Å². The number of hydrogen-bond donors (Lipinski definition) is 1. The van der Waals surface area contributed by atoms with Crippen molar-refractivity contribution in [2.45, 2.75) is 32.7 Å². The second kappa shape index (κ2) is 7.19. The zero-order valence-corrected chi connectivity index (χ0v) is 14.6. The van der Waals surface area contributed by atoms with Gasteiger partial charge >= 0.3 is 0 Å². The Balaban J connectivity index is 0.00000220. The van der Waals surface area contributed by atoms with Gasteiger partial charge in [0, 0.05) is 29.2 Å². The number of benzene rings is 1. The zero-order valence-electron chi connectivity index (χ0n) is 12.2. The van der Waals surface area contributed by atoms with E-state index in [-0.39, 0.29) is 36.2 Å². The topological polar surface area (TPSA) is 46.3 Å². The van der Waals surface area contributed by atoms with E-state index in [9.17, 15) is 4.79 Å². The first-order valence-electron chi connectivity index (χ1n) is 6.77. The van der Waals surface area contributed by atoms with Gasteiger partial charge in [0.25, 0.3) is 0 Å². The van der Waals surface area contributed by atoms with Gasteiger partial charge in [-0.2, -0.15) is 0 Å². The van der Waals surface area contributed by atoms with E-state index in [2.05, 4.69) is 13.8 Å². The molecule has 21 heavy (non-hydrogen) atoms. The van der Waals surface area contributed by atoms with Gasteiger partial charge in [-0.15, -0.1) is 12.4 Å². The molecule has 1 heterocycles. The van der Waals surface area contributed by atoms with E-state index in [4.69, 9.17) is 28.9 Å². The van der Waals surface area contributed by atoms with E-state index < -0.39 is 0 Å². The van der Waals surface area contributed by atoms with Crippen LogP contribution in [0.2, 0.25) is 10.0 Å². The maximum atomic E-state index is 12.4. The third kappa shape index (κ3) is 4.49. The standard InChI is InChI=1S/C15H20Cl2N2O.ClH/c1-15(2)9-19(6-5-13(15)18)14(20)8-10-7-11(16)3-4-12(10)17;/h3-4,7,13H,5-6,8-9,18H2,1-2H3;1H. The predicted octanol–water partition coefficient (Wildman–Crippen LogP) is 3.54. The minimum atomic E-state index is -0.0496. The van der Waals surface area contributed by atoms with Gasteiger partial charge in [-0.25, -0.2) is 0 Å². The molecule has 3 nitrogen and oxygen atoms in total. The summed E-state index contributed by atoms with van der Waals surface area (Å²) in [5.74, 6) is 0.0779. The van der Waals surface area contributed by atoms with E-state index in [1.165, 1.54) is 0 Å². The van der Waals surface area contributed by atoms with Gasteiger partial charge in [0.2, 0.25) is 5.91 Å². The lowest BCUT2D eigenvalue weighted by atomic mass is 9.79. The summed E-state index contributed by atoms with van der Waals surface area (Å²) in [7, 11) is 0. The van der Waals surface area contributed by atoms with E-state index in [0.29, 0.717) is 23.1 Å². The average Bonchev–Trinajstić information content (AvgIpc) is 2.37. The normalized spacial score (nSPS) is 20.8. The number of halogens is 3. The highest BCUT2D eigenvalue weighted by atomic mass is 35.5. The minimum Gasteiger partial charge on any atom is -0.342 e. The molecule has 1 fully saturated rings. The maximum Gasteiger partial charge on any atom is 0.227 e. The van der Waals surface area contributed by atoms with Crippen LogP contribution in [0.5, 0.6) is 0 Å². The number of piperidine rings is 1. The van der Waals surface area contributed by atoms with Crippen molar-refractivity contribution < 1.29 is 4.79 Å². The van der Waals surface area contributed by atoms with Crippen molar-refractivity contribution in [3.63, 3.8) is 0 Å². The summed E-state index contributed by atoms with van der Waals surface area (Å²) in [5.41, 5.74) is 6.82. The van der Waals surface area contributed by atoms with Gasteiger partial charge in [0.05, 0.1) is 6.42 Å². The summed E-state index contributed by atoms with van der Waals surface area (Å²) < 4.78 is 0. The van der Waals surface area contributed by atoms with Crippen LogP contribution >= 0.6 is 35.6 Å². The number of carbonyl (C=O) groups is 1. The third-order valence-electron chi connectivity index (χ3n) is 4.01. The van der Waals surface area contributed by atoms with Crippen molar-refractivity contribution >= 4 is 41.5 Å². The molecule has 0 bridgehead atoms. The number of carbonyl (C=O) groups excluding carboxylic acids is 1. The lowest BCUT2D eigenvalue weighted by molar-refractivity contribution is -0.133. The first-order valence-corrected chi connectivity index (χ1v) is 7.52. The Morgan fingerprint density at radius 1 is 1.43 bits per heavy atom. The van der Waals surface area contributed by atoms with E-state index in [1.807, 2.05) is 4.90 Å². The Morgan fingerprint density at radius 2 is 2.10 bits per heavy atom. The Kier molecular flexibility index (Phi) is 6.36. The molecule has 1 unspecified atom stereocenters.